The minimum atomic E-state index is -3.41. The van der Waals surface area contributed by atoms with Gasteiger partial charge in [-0.3, -0.25) is 0 Å². The molecule has 0 fully saturated rings. The lowest BCUT2D eigenvalue weighted by Crippen LogP contribution is -2.44. The Balaban J connectivity index is 4.29. The Labute approximate surface area is 111 Å². The zero-order chi connectivity index (χ0) is 13.9. The second kappa shape index (κ2) is 6.36. The lowest BCUT2D eigenvalue weighted by molar-refractivity contribution is 0.364. The van der Waals surface area contributed by atoms with E-state index >= 15 is 0 Å². The summed E-state index contributed by atoms with van der Waals surface area (Å²) in [6.45, 7) is 10.2. The smallest absolute Gasteiger partial charge is 0.201 e. The SMILES string of the molecule is CC(C)N(C)S(=O)(=O)NCC(Cl)CC(C)(C)C. The molecule has 0 radical (unpaired) electrons. The number of rotatable bonds is 6. The summed E-state index contributed by atoms with van der Waals surface area (Å²) in [7, 11) is -1.86. The number of hydrogen-bond donors (Lipinski definition) is 1. The van der Waals surface area contributed by atoms with Crippen LogP contribution < -0.4 is 4.72 Å². The van der Waals surface area contributed by atoms with Crippen molar-refractivity contribution in [2.75, 3.05) is 13.6 Å². The van der Waals surface area contributed by atoms with Gasteiger partial charge in [0.25, 0.3) is 10.2 Å². The van der Waals surface area contributed by atoms with Crippen LogP contribution in [0.5, 0.6) is 0 Å². The molecule has 0 aromatic rings. The second-order valence-electron chi connectivity index (χ2n) is 5.83. The minimum Gasteiger partial charge on any atom is -0.201 e. The van der Waals surface area contributed by atoms with Gasteiger partial charge in [0.2, 0.25) is 0 Å². The molecule has 0 aliphatic carbocycles. The van der Waals surface area contributed by atoms with Crippen molar-refractivity contribution >= 4 is 21.8 Å². The van der Waals surface area contributed by atoms with E-state index in [4.69, 9.17) is 11.6 Å². The number of halogens is 1. The predicted octanol–water partition coefficient (Wildman–Crippen LogP) is 2.20. The van der Waals surface area contributed by atoms with E-state index in [0.29, 0.717) is 0 Å². The molecule has 0 aromatic carbocycles. The van der Waals surface area contributed by atoms with Crippen molar-refractivity contribution in [3.8, 4) is 0 Å². The van der Waals surface area contributed by atoms with E-state index < -0.39 is 10.2 Å². The molecular weight excluding hydrogens is 260 g/mol. The molecule has 104 valence electrons. The fraction of sp³-hybridized carbons (Fsp3) is 1.00. The van der Waals surface area contributed by atoms with Gasteiger partial charge in [0.15, 0.2) is 0 Å². The summed E-state index contributed by atoms with van der Waals surface area (Å²) in [5, 5.41) is -0.190. The number of hydrogen-bond acceptors (Lipinski definition) is 2. The van der Waals surface area contributed by atoms with Crippen LogP contribution in [0.3, 0.4) is 0 Å². The first-order valence-corrected chi connectivity index (χ1v) is 7.70. The largest absolute Gasteiger partial charge is 0.279 e. The first kappa shape index (κ1) is 17.2. The lowest BCUT2D eigenvalue weighted by atomic mass is 9.90. The fourth-order valence-electron chi connectivity index (χ4n) is 1.31. The molecular formula is C11H25ClN2O2S. The second-order valence-corrected chi connectivity index (χ2v) is 8.26. The third kappa shape index (κ3) is 7.24. The maximum atomic E-state index is 11.8. The summed E-state index contributed by atoms with van der Waals surface area (Å²) in [5.41, 5.74) is 0.0990. The number of alkyl halides is 1. The van der Waals surface area contributed by atoms with E-state index in [2.05, 4.69) is 25.5 Å². The van der Waals surface area contributed by atoms with Gasteiger partial charge in [-0.25, -0.2) is 4.72 Å². The monoisotopic (exact) mass is 284 g/mol. The van der Waals surface area contributed by atoms with E-state index in [1.807, 2.05) is 13.8 Å². The van der Waals surface area contributed by atoms with Crippen molar-refractivity contribution in [3.05, 3.63) is 0 Å². The van der Waals surface area contributed by atoms with Crippen molar-refractivity contribution in [2.24, 2.45) is 5.41 Å². The number of nitrogens with one attached hydrogen (secondary N) is 1. The van der Waals surface area contributed by atoms with Crippen LogP contribution in [-0.2, 0) is 10.2 Å². The van der Waals surface area contributed by atoms with Crippen molar-refractivity contribution in [1.29, 1.82) is 0 Å². The summed E-state index contributed by atoms with van der Waals surface area (Å²) >= 11 is 6.11. The molecule has 1 unspecified atom stereocenters. The molecule has 0 saturated carbocycles. The zero-order valence-electron chi connectivity index (χ0n) is 11.6. The first-order chi connectivity index (χ1) is 7.46. The van der Waals surface area contributed by atoms with Crippen molar-refractivity contribution in [1.82, 2.24) is 9.03 Å². The molecule has 6 heteroatoms. The average Bonchev–Trinajstić information content (AvgIpc) is 2.11. The van der Waals surface area contributed by atoms with Gasteiger partial charge in [-0.2, -0.15) is 12.7 Å². The molecule has 17 heavy (non-hydrogen) atoms. The summed E-state index contributed by atoms with van der Waals surface area (Å²) < 4.78 is 27.4. The molecule has 0 aromatic heterocycles. The highest BCUT2D eigenvalue weighted by molar-refractivity contribution is 7.87. The van der Waals surface area contributed by atoms with Crippen LogP contribution >= 0.6 is 11.6 Å². The summed E-state index contributed by atoms with van der Waals surface area (Å²) in [4.78, 5) is 0. The van der Waals surface area contributed by atoms with Crippen molar-refractivity contribution < 1.29 is 8.42 Å². The van der Waals surface area contributed by atoms with Gasteiger partial charge in [0.1, 0.15) is 0 Å². The molecule has 0 spiro atoms. The van der Waals surface area contributed by atoms with Crippen LogP contribution in [-0.4, -0.2) is 37.7 Å². The fourth-order valence-corrected chi connectivity index (χ4v) is 3.11. The van der Waals surface area contributed by atoms with E-state index in [9.17, 15) is 8.42 Å². The van der Waals surface area contributed by atoms with Crippen LogP contribution in [0.2, 0.25) is 0 Å². The molecule has 0 amide bonds. The summed E-state index contributed by atoms with van der Waals surface area (Å²) in [5.74, 6) is 0. The average molecular weight is 285 g/mol. The maximum absolute atomic E-state index is 11.8. The quantitative estimate of drug-likeness (QED) is 0.760. The molecule has 0 rings (SSSR count). The molecule has 4 nitrogen and oxygen atoms in total. The Kier molecular flexibility index (Phi) is 6.42. The summed E-state index contributed by atoms with van der Waals surface area (Å²) in [6, 6.07) is -0.0658. The van der Waals surface area contributed by atoms with Gasteiger partial charge in [0, 0.05) is 25.0 Å². The Morgan fingerprint density at radius 1 is 1.29 bits per heavy atom. The topological polar surface area (TPSA) is 49.4 Å². The van der Waals surface area contributed by atoms with E-state index in [0.717, 1.165) is 6.42 Å². The van der Waals surface area contributed by atoms with Crippen LogP contribution in [0.15, 0.2) is 0 Å². The van der Waals surface area contributed by atoms with E-state index in [-0.39, 0.29) is 23.4 Å². The molecule has 0 aliphatic rings. The Morgan fingerprint density at radius 2 is 1.76 bits per heavy atom. The maximum Gasteiger partial charge on any atom is 0.279 e. The highest BCUT2D eigenvalue weighted by atomic mass is 35.5. The third-order valence-electron chi connectivity index (χ3n) is 2.43. The Hall–Kier alpha value is 0.160. The van der Waals surface area contributed by atoms with Crippen LogP contribution in [0.25, 0.3) is 0 Å². The highest BCUT2D eigenvalue weighted by Crippen LogP contribution is 2.23. The number of nitrogens with zero attached hydrogens (tertiary/aromatic N) is 1. The molecule has 0 aliphatic heterocycles. The molecule has 0 heterocycles. The normalized spacial score (nSPS) is 15.6. The van der Waals surface area contributed by atoms with Gasteiger partial charge in [0.05, 0.1) is 0 Å². The summed E-state index contributed by atoms with van der Waals surface area (Å²) in [6.07, 6.45) is 0.766. The zero-order valence-corrected chi connectivity index (χ0v) is 13.2. The van der Waals surface area contributed by atoms with Crippen LogP contribution in [0, 0.1) is 5.41 Å². The van der Waals surface area contributed by atoms with Gasteiger partial charge in [-0.1, -0.05) is 20.8 Å². The van der Waals surface area contributed by atoms with Gasteiger partial charge in [-0.05, 0) is 25.7 Å². The van der Waals surface area contributed by atoms with Crippen LogP contribution in [0.1, 0.15) is 41.0 Å². The van der Waals surface area contributed by atoms with Crippen LogP contribution in [0.4, 0.5) is 0 Å². The Bertz CT molecular complexity index is 323. The van der Waals surface area contributed by atoms with Gasteiger partial charge < -0.3 is 0 Å². The lowest BCUT2D eigenvalue weighted by Gasteiger charge is -2.24. The molecule has 0 saturated heterocycles. The Morgan fingerprint density at radius 3 is 2.12 bits per heavy atom. The van der Waals surface area contributed by atoms with Crippen molar-refractivity contribution in [3.63, 3.8) is 0 Å². The highest BCUT2D eigenvalue weighted by Gasteiger charge is 2.23. The van der Waals surface area contributed by atoms with E-state index in [1.165, 1.54) is 4.31 Å². The van der Waals surface area contributed by atoms with Gasteiger partial charge in [-0.15, -0.1) is 11.6 Å². The van der Waals surface area contributed by atoms with Crippen molar-refractivity contribution in [2.45, 2.75) is 52.5 Å². The predicted molar refractivity (Wildman–Crippen MR) is 73.5 cm³/mol. The minimum absolute atomic E-state index is 0.0658. The molecule has 1 atom stereocenters. The van der Waals surface area contributed by atoms with E-state index in [1.54, 1.807) is 7.05 Å². The third-order valence-corrected chi connectivity index (χ3v) is 4.45. The van der Waals surface area contributed by atoms with Gasteiger partial charge >= 0.3 is 0 Å². The first-order valence-electron chi connectivity index (χ1n) is 5.82. The standard InChI is InChI=1S/C11H25ClN2O2S/c1-9(2)14(6)17(15,16)13-8-10(12)7-11(3,4)5/h9-10,13H,7-8H2,1-6H3. The molecule has 1 N–H and O–H groups in total. The molecule has 0 bridgehead atoms.